The molecule has 0 unspecified atom stereocenters. The Hall–Kier alpha value is -2.45. The van der Waals surface area contributed by atoms with Crippen molar-refractivity contribution < 1.29 is 27.5 Å². The standard InChI is InChI=1S/C19H26F3N3O3/c1-12(11-23-16(27)28-17(2,3)4)24-15(26)25-18(8-9-18)13-6-5-7-14(10-13)19(20,21)22/h5-7,10,12H,8-9,11H2,1-4H3,(H,23,27)(H2,24,25,26)/t12-/m0/s1. The highest BCUT2D eigenvalue weighted by Gasteiger charge is 2.46. The quantitative estimate of drug-likeness (QED) is 0.700. The van der Waals surface area contributed by atoms with Gasteiger partial charge in [-0.25, -0.2) is 9.59 Å². The van der Waals surface area contributed by atoms with Gasteiger partial charge in [0.05, 0.1) is 11.1 Å². The van der Waals surface area contributed by atoms with Crippen molar-refractivity contribution in [3.05, 3.63) is 35.4 Å². The molecule has 0 saturated heterocycles. The minimum atomic E-state index is -4.43. The Kier molecular flexibility index (Phi) is 6.15. The molecule has 1 aliphatic rings. The van der Waals surface area contributed by atoms with Gasteiger partial charge < -0.3 is 20.7 Å². The molecule has 0 bridgehead atoms. The molecule has 3 N–H and O–H groups in total. The van der Waals surface area contributed by atoms with E-state index in [1.54, 1.807) is 33.8 Å². The van der Waals surface area contributed by atoms with Gasteiger partial charge in [-0.05, 0) is 58.2 Å². The lowest BCUT2D eigenvalue weighted by atomic mass is 10.0. The third-order valence-electron chi connectivity index (χ3n) is 4.17. The maximum Gasteiger partial charge on any atom is 0.416 e. The summed E-state index contributed by atoms with van der Waals surface area (Å²) >= 11 is 0. The molecule has 1 aromatic carbocycles. The van der Waals surface area contributed by atoms with Crippen molar-refractivity contribution in [3.63, 3.8) is 0 Å². The molecule has 1 atom stereocenters. The first-order valence-corrected chi connectivity index (χ1v) is 9.04. The Bertz CT molecular complexity index is 725. The highest BCUT2D eigenvalue weighted by atomic mass is 19.4. The molecule has 1 aliphatic carbocycles. The normalized spacial score (nSPS) is 16.7. The fraction of sp³-hybridized carbons (Fsp3) is 0.579. The number of alkyl carbamates (subject to hydrolysis) is 1. The summed E-state index contributed by atoms with van der Waals surface area (Å²) in [6.07, 6.45) is -3.90. The van der Waals surface area contributed by atoms with Crippen molar-refractivity contribution in [2.45, 2.75) is 63.9 Å². The van der Waals surface area contributed by atoms with Crippen LogP contribution in [0.5, 0.6) is 0 Å². The summed E-state index contributed by atoms with van der Waals surface area (Å²) in [5.41, 5.74) is -1.73. The zero-order chi connectivity index (χ0) is 21.2. The van der Waals surface area contributed by atoms with E-state index in [-0.39, 0.29) is 6.54 Å². The summed E-state index contributed by atoms with van der Waals surface area (Å²) < 4.78 is 43.9. The van der Waals surface area contributed by atoms with E-state index in [2.05, 4.69) is 16.0 Å². The average Bonchev–Trinajstić information content (AvgIpc) is 3.31. The zero-order valence-corrected chi connectivity index (χ0v) is 16.4. The van der Waals surface area contributed by atoms with Gasteiger partial charge in [-0.3, -0.25) is 0 Å². The number of rotatable bonds is 5. The number of benzene rings is 1. The molecule has 6 nitrogen and oxygen atoms in total. The molecule has 0 aromatic heterocycles. The number of amides is 3. The minimum absolute atomic E-state index is 0.152. The van der Waals surface area contributed by atoms with Crippen LogP contribution in [0, 0.1) is 0 Å². The van der Waals surface area contributed by atoms with Crippen molar-refractivity contribution in [2.24, 2.45) is 0 Å². The van der Waals surface area contributed by atoms with E-state index in [9.17, 15) is 22.8 Å². The van der Waals surface area contributed by atoms with Crippen LogP contribution in [0.25, 0.3) is 0 Å². The summed E-state index contributed by atoms with van der Waals surface area (Å²) in [5.74, 6) is 0. The summed E-state index contributed by atoms with van der Waals surface area (Å²) in [6.45, 7) is 7.07. The number of nitrogens with one attached hydrogen (secondary N) is 3. The largest absolute Gasteiger partial charge is 0.444 e. The second-order valence-corrected chi connectivity index (χ2v) is 8.04. The van der Waals surface area contributed by atoms with Gasteiger partial charge >= 0.3 is 18.3 Å². The molecule has 9 heteroatoms. The van der Waals surface area contributed by atoms with Gasteiger partial charge in [0.15, 0.2) is 0 Å². The van der Waals surface area contributed by atoms with Crippen molar-refractivity contribution in [1.29, 1.82) is 0 Å². The van der Waals surface area contributed by atoms with E-state index in [4.69, 9.17) is 4.74 Å². The highest BCUT2D eigenvalue weighted by Crippen LogP contribution is 2.46. The predicted molar refractivity (Wildman–Crippen MR) is 97.7 cm³/mol. The number of halogens is 3. The molecule has 156 valence electrons. The Morgan fingerprint density at radius 1 is 1.21 bits per heavy atom. The molecular formula is C19H26F3N3O3. The molecule has 0 spiro atoms. The predicted octanol–water partition coefficient (Wildman–Crippen LogP) is 3.91. The van der Waals surface area contributed by atoms with Crippen LogP contribution >= 0.6 is 0 Å². The summed E-state index contributed by atoms with van der Waals surface area (Å²) in [5, 5.41) is 7.97. The van der Waals surface area contributed by atoms with E-state index in [1.807, 2.05) is 0 Å². The Labute approximate surface area is 162 Å². The molecule has 3 amide bonds. The van der Waals surface area contributed by atoms with Gasteiger partial charge in [0.1, 0.15) is 5.60 Å². The molecule has 1 aromatic rings. The monoisotopic (exact) mass is 401 g/mol. The van der Waals surface area contributed by atoms with Crippen LogP contribution in [-0.4, -0.2) is 30.3 Å². The van der Waals surface area contributed by atoms with Crippen molar-refractivity contribution in [2.75, 3.05) is 6.54 Å². The van der Waals surface area contributed by atoms with Crippen molar-refractivity contribution >= 4 is 12.1 Å². The lowest BCUT2D eigenvalue weighted by Gasteiger charge is -2.23. The van der Waals surface area contributed by atoms with Crippen LogP contribution in [0.4, 0.5) is 22.8 Å². The number of carbonyl (C=O) groups excluding carboxylic acids is 2. The van der Waals surface area contributed by atoms with Crippen molar-refractivity contribution in [1.82, 2.24) is 16.0 Å². The Morgan fingerprint density at radius 2 is 1.86 bits per heavy atom. The molecule has 2 rings (SSSR count). The lowest BCUT2D eigenvalue weighted by Crippen LogP contribution is -2.49. The number of ether oxygens (including phenoxy) is 1. The first kappa shape index (κ1) is 21.8. The van der Waals surface area contributed by atoms with E-state index < -0.39 is 41.0 Å². The van der Waals surface area contributed by atoms with Gasteiger partial charge in [0, 0.05) is 12.6 Å². The number of urea groups is 1. The number of alkyl halides is 3. The van der Waals surface area contributed by atoms with Gasteiger partial charge in [-0.2, -0.15) is 13.2 Å². The van der Waals surface area contributed by atoms with Gasteiger partial charge in [0.2, 0.25) is 0 Å². The molecular weight excluding hydrogens is 375 g/mol. The fourth-order valence-electron chi connectivity index (χ4n) is 2.68. The van der Waals surface area contributed by atoms with Crippen LogP contribution in [0.2, 0.25) is 0 Å². The van der Waals surface area contributed by atoms with Crippen LogP contribution in [0.1, 0.15) is 51.7 Å². The third kappa shape index (κ3) is 6.31. The van der Waals surface area contributed by atoms with Crippen LogP contribution in [-0.2, 0) is 16.5 Å². The second-order valence-electron chi connectivity index (χ2n) is 8.04. The van der Waals surface area contributed by atoms with Crippen LogP contribution < -0.4 is 16.0 Å². The first-order valence-electron chi connectivity index (χ1n) is 9.04. The van der Waals surface area contributed by atoms with Gasteiger partial charge in [-0.1, -0.05) is 12.1 Å². The summed E-state index contributed by atoms with van der Waals surface area (Å²) in [4.78, 5) is 23.9. The SMILES string of the molecule is C[C@@H](CNC(=O)OC(C)(C)C)NC(=O)NC1(c2cccc(C(F)(F)F)c2)CC1. The smallest absolute Gasteiger partial charge is 0.416 e. The molecule has 28 heavy (non-hydrogen) atoms. The Morgan fingerprint density at radius 3 is 2.39 bits per heavy atom. The van der Waals surface area contributed by atoms with Gasteiger partial charge in [-0.15, -0.1) is 0 Å². The van der Waals surface area contributed by atoms with Crippen LogP contribution in [0.15, 0.2) is 24.3 Å². The maximum absolute atomic E-state index is 12.9. The summed E-state index contributed by atoms with van der Waals surface area (Å²) in [6, 6.07) is 4.09. The fourth-order valence-corrected chi connectivity index (χ4v) is 2.68. The number of hydrogen-bond acceptors (Lipinski definition) is 3. The summed E-state index contributed by atoms with van der Waals surface area (Å²) in [7, 11) is 0. The molecule has 1 saturated carbocycles. The molecule has 0 heterocycles. The van der Waals surface area contributed by atoms with Gasteiger partial charge in [0.25, 0.3) is 0 Å². The lowest BCUT2D eigenvalue weighted by molar-refractivity contribution is -0.137. The van der Waals surface area contributed by atoms with E-state index in [0.29, 0.717) is 18.4 Å². The zero-order valence-electron chi connectivity index (χ0n) is 16.4. The third-order valence-corrected chi connectivity index (χ3v) is 4.17. The second kappa shape index (κ2) is 7.89. The highest BCUT2D eigenvalue weighted by molar-refractivity contribution is 5.76. The topological polar surface area (TPSA) is 79.5 Å². The number of carbonyl (C=O) groups is 2. The molecule has 1 fully saturated rings. The van der Waals surface area contributed by atoms with E-state index in [1.165, 1.54) is 6.07 Å². The van der Waals surface area contributed by atoms with E-state index >= 15 is 0 Å². The minimum Gasteiger partial charge on any atom is -0.444 e. The average molecular weight is 401 g/mol. The Balaban J connectivity index is 1.88. The first-order chi connectivity index (χ1) is 12.8. The van der Waals surface area contributed by atoms with E-state index in [0.717, 1.165) is 12.1 Å². The van der Waals surface area contributed by atoms with Crippen molar-refractivity contribution in [3.8, 4) is 0 Å². The molecule has 0 aliphatic heterocycles. The van der Waals surface area contributed by atoms with Crippen LogP contribution in [0.3, 0.4) is 0 Å². The molecule has 0 radical (unpaired) electrons. The number of hydrogen-bond donors (Lipinski definition) is 3. The maximum atomic E-state index is 12.9.